The van der Waals surface area contributed by atoms with Gasteiger partial charge in [0.2, 0.25) is 11.8 Å². The SMILES string of the molecule is COc1ccc(N2C(=O)C[C@H](Sc3cccc(NC(=O)/C(=C/c4cc(Br)cc(OC)c4OC)NC(=O)c4ccccc4)c3)C2=O)cc1Cl. The number of carbonyl (C=O) groups is 4. The molecule has 1 fully saturated rings. The number of ether oxygens (including phenoxy) is 3. The molecule has 0 radical (unpaired) electrons. The quantitative estimate of drug-likeness (QED) is 0.125. The first-order chi connectivity index (χ1) is 23.1. The summed E-state index contributed by atoms with van der Waals surface area (Å²) in [6.07, 6.45) is 1.48. The minimum absolute atomic E-state index is 0.0138. The first kappa shape index (κ1) is 34.6. The molecule has 1 saturated heterocycles. The number of hydrogen-bond donors (Lipinski definition) is 2. The van der Waals surface area contributed by atoms with E-state index in [1.807, 2.05) is 0 Å². The van der Waals surface area contributed by atoms with Crippen LogP contribution < -0.4 is 29.7 Å². The number of hydrogen-bond acceptors (Lipinski definition) is 8. The standard InChI is InChI=1S/C35H29BrClN3O7S/c1-45-28-13-12-24(18-26(28)37)40-31(41)19-30(35(40)44)48-25-11-7-10-23(17-25)38-34(43)27(39-33(42)20-8-5-4-6-9-20)15-21-14-22(36)16-29(46-2)32(21)47-3/h4-18,30H,19H2,1-3H3,(H,38,43)(H,39,42)/b27-15-/t30-/m0/s1. The highest BCUT2D eigenvalue weighted by Crippen LogP contribution is 2.38. The van der Waals surface area contributed by atoms with Gasteiger partial charge >= 0.3 is 0 Å². The zero-order valence-electron chi connectivity index (χ0n) is 25.9. The van der Waals surface area contributed by atoms with Crippen LogP contribution in [-0.4, -0.2) is 50.2 Å². The highest BCUT2D eigenvalue weighted by molar-refractivity contribution is 9.10. The molecule has 0 unspecified atom stereocenters. The van der Waals surface area contributed by atoms with Crippen LogP contribution in [0.25, 0.3) is 6.08 Å². The van der Waals surface area contributed by atoms with Crippen molar-refractivity contribution in [3.63, 3.8) is 0 Å². The minimum Gasteiger partial charge on any atom is -0.495 e. The third-order valence-corrected chi connectivity index (χ3v) is 9.10. The first-order valence-corrected chi connectivity index (χ1v) is 16.4. The van der Waals surface area contributed by atoms with Crippen molar-refractivity contribution >= 4 is 80.4 Å². The Balaban J connectivity index is 1.38. The molecule has 13 heteroatoms. The summed E-state index contributed by atoms with van der Waals surface area (Å²) in [7, 11) is 4.45. The van der Waals surface area contributed by atoms with Crippen LogP contribution in [0.5, 0.6) is 17.2 Å². The number of rotatable bonds is 11. The van der Waals surface area contributed by atoms with E-state index in [1.54, 1.807) is 78.9 Å². The second kappa shape index (κ2) is 15.4. The number of carbonyl (C=O) groups excluding carboxylic acids is 4. The monoisotopic (exact) mass is 749 g/mol. The Kier molecular flexibility index (Phi) is 11.1. The highest BCUT2D eigenvalue weighted by atomic mass is 79.9. The molecule has 5 rings (SSSR count). The van der Waals surface area contributed by atoms with Crippen molar-refractivity contribution < 1.29 is 33.4 Å². The zero-order chi connectivity index (χ0) is 34.4. The predicted octanol–water partition coefficient (Wildman–Crippen LogP) is 6.96. The van der Waals surface area contributed by atoms with Gasteiger partial charge in [0.15, 0.2) is 11.5 Å². The van der Waals surface area contributed by atoms with Gasteiger partial charge in [-0.2, -0.15) is 0 Å². The van der Waals surface area contributed by atoms with E-state index in [-0.39, 0.29) is 29.0 Å². The Morgan fingerprint density at radius 3 is 2.35 bits per heavy atom. The van der Waals surface area contributed by atoms with Gasteiger partial charge in [0, 0.05) is 32.6 Å². The maximum Gasteiger partial charge on any atom is 0.272 e. The Bertz CT molecular complexity index is 1920. The average molecular weight is 751 g/mol. The summed E-state index contributed by atoms with van der Waals surface area (Å²) in [5, 5.41) is 5.13. The number of halogens is 2. The fourth-order valence-electron chi connectivity index (χ4n) is 4.94. The van der Waals surface area contributed by atoms with Gasteiger partial charge in [-0.05, 0) is 66.7 Å². The number of amides is 4. The number of methoxy groups -OCH3 is 3. The van der Waals surface area contributed by atoms with Crippen LogP contribution in [0.2, 0.25) is 5.02 Å². The van der Waals surface area contributed by atoms with Gasteiger partial charge in [-0.25, -0.2) is 4.90 Å². The summed E-state index contributed by atoms with van der Waals surface area (Å²) in [6.45, 7) is 0. The molecule has 4 amide bonds. The van der Waals surface area contributed by atoms with E-state index in [9.17, 15) is 19.2 Å². The maximum atomic E-state index is 13.7. The second-order valence-electron chi connectivity index (χ2n) is 10.3. The number of thioether (sulfide) groups is 1. The topological polar surface area (TPSA) is 123 Å². The number of nitrogens with zero attached hydrogens (tertiary/aromatic N) is 1. The number of nitrogens with one attached hydrogen (secondary N) is 2. The van der Waals surface area contributed by atoms with Crippen LogP contribution >= 0.6 is 39.3 Å². The fourth-order valence-corrected chi connectivity index (χ4v) is 6.75. The molecule has 0 aliphatic carbocycles. The Morgan fingerprint density at radius 2 is 1.67 bits per heavy atom. The molecule has 1 atom stereocenters. The van der Waals surface area contributed by atoms with Gasteiger partial charge < -0.3 is 24.8 Å². The van der Waals surface area contributed by atoms with Crippen molar-refractivity contribution in [3.8, 4) is 17.2 Å². The van der Waals surface area contributed by atoms with Crippen molar-refractivity contribution in [2.45, 2.75) is 16.6 Å². The van der Waals surface area contributed by atoms with E-state index in [4.69, 9.17) is 25.8 Å². The van der Waals surface area contributed by atoms with E-state index in [0.717, 1.165) is 4.90 Å². The van der Waals surface area contributed by atoms with Gasteiger partial charge in [0.1, 0.15) is 11.4 Å². The van der Waals surface area contributed by atoms with Crippen LogP contribution in [0.15, 0.2) is 100.0 Å². The van der Waals surface area contributed by atoms with Gasteiger partial charge in [-0.3, -0.25) is 19.2 Å². The molecular formula is C35H29BrClN3O7S. The number of benzene rings is 4. The predicted molar refractivity (Wildman–Crippen MR) is 189 cm³/mol. The lowest BCUT2D eigenvalue weighted by Gasteiger charge is -2.16. The summed E-state index contributed by atoms with van der Waals surface area (Å²) in [5.41, 5.74) is 1.52. The molecule has 0 aromatic heterocycles. The molecule has 4 aromatic carbocycles. The third kappa shape index (κ3) is 7.84. The van der Waals surface area contributed by atoms with Gasteiger partial charge in [-0.15, -0.1) is 11.8 Å². The Hall–Kier alpha value is -4.78. The molecule has 2 N–H and O–H groups in total. The lowest BCUT2D eigenvalue weighted by Crippen LogP contribution is -2.31. The van der Waals surface area contributed by atoms with Crippen molar-refractivity contribution in [2.24, 2.45) is 0 Å². The Labute approximate surface area is 294 Å². The Morgan fingerprint density at radius 1 is 0.917 bits per heavy atom. The fraction of sp³-hybridized carbons (Fsp3) is 0.143. The van der Waals surface area contributed by atoms with Crippen molar-refractivity contribution in [3.05, 3.63) is 111 Å². The molecule has 4 aromatic rings. The molecule has 1 heterocycles. The van der Waals surface area contributed by atoms with E-state index in [1.165, 1.54) is 45.2 Å². The molecule has 1 aliphatic heterocycles. The van der Waals surface area contributed by atoms with Crippen LogP contribution in [0.3, 0.4) is 0 Å². The minimum atomic E-state index is -0.691. The molecule has 246 valence electrons. The van der Waals surface area contributed by atoms with Crippen LogP contribution in [0, 0.1) is 0 Å². The lowest BCUT2D eigenvalue weighted by molar-refractivity contribution is -0.121. The van der Waals surface area contributed by atoms with Crippen molar-refractivity contribution in [2.75, 3.05) is 31.5 Å². The van der Waals surface area contributed by atoms with E-state index in [0.29, 0.717) is 49.1 Å². The highest BCUT2D eigenvalue weighted by Gasteiger charge is 2.40. The lowest BCUT2D eigenvalue weighted by atomic mass is 10.1. The number of imide groups is 1. The van der Waals surface area contributed by atoms with Crippen molar-refractivity contribution in [1.29, 1.82) is 0 Å². The summed E-state index contributed by atoms with van der Waals surface area (Å²) < 4.78 is 16.8. The van der Waals surface area contributed by atoms with E-state index in [2.05, 4.69) is 26.6 Å². The third-order valence-electron chi connectivity index (χ3n) is 7.17. The summed E-state index contributed by atoms with van der Waals surface area (Å²) >= 11 is 10.9. The zero-order valence-corrected chi connectivity index (χ0v) is 29.1. The van der Waals surface area contributed by atoms with Crippen molar-refractivity contribution in [1.82, 2.24) is 5.32 Å². The molecular weight excluding hydrogens is 722 g/mol. The smallest absolute Gasteiger partial charge is 0.272 e. The van der Waals surface area contributed by atoms with Gasteiger partial charge in [0.25, 0.3) is 11.8 Å². The second-order valence-corrected chi connectivity index (χ2v) is 12.9. The normalized spacial score (nSPS) is 14.5. The molecule has 48 heavy (non-hydrogen) atoms. The largest absolute Gasteiger partial charge is 0.495 e. The molecule has 0 spiro atoms. The molecule has 1 aliphatic rings. The van der Waals surface area contributed by atoms with Crippen LogP contribution in [0.4, 0.5) is 11.4 Å². The maximum absolute atomic E-state index is 13.7. The molecule has 0 bridgehead atoms. The van der Waals surface area contributed by atoms with Crippen LogP contribution in [-0.2, 0) is 14.4 Å². The first-order valence-electron chi connectivity index (χ1n) is 14.4. The van der Waals surface area contributed by atoms with Crippen LogP contribution in [0.1, 0.15) is 22.3 Å². The summed E-state index contributed by atoms with van der Waals surface area (Å²) in [5.74, 6) is -0.630. The average Bonchev–Trinajstić information content (AvgIpc) is 3.35. The molecule has 10 nitrogen and oxygen atoms in total. The molecule has 0 saturated carbocycles. The van der Waals surface area contributed by atoms with Gasteiger partial charge in [0.05, 0.1) is 37.3 Å². The van der Waals surface area contributed by atoms with Gasteiger partial charge in [-0.1, -0.05) is 51.8 Å². The summed E-state index contributed by atoms with van der Waals surface area (Å²) in [4.78, 5) is 54.9. The summed E-state index contributed by atoms with van der Waals surface area (Å²) in [6, 6.07) is 23.5. The van der Waals surface area contributed by atoms with E-state index < -0.39 is 17.1 Å². The number of anilines is 2. The van der Waals surface area contributed by atoms with E-state index >= 15 is 0 Å².